The number of halogens is 1. The molecule has 3 aromatic rings. The summed E-state index contributed by atoms with van der Waals surface area (Å²) in [5.41, 5.74) is 0.938. The lowest BCUT2D eigenvalue weighted by Crippen LogP contribution is -2.33. The van der Waals surface area contributed by atoms with Crippen molar-refractivity contribution in [3.63, 3.8) is 0 Å². The number of nitro groups is 1. The summed E-state index contributed by atoms with van der Waals surface area (Å²) in [5, 5.41) is 19.9. The monoisotopic (exact) mass is 400 g/mol. The summed E-state index contributed by atoms with van der Waals surface area (Å²) in [6, 6.07) is 10.3. The number of nitrogens with zero attached hydrogens (tertiary/aromatic N) is 4. The lowest BCUT2D eigenvalue weighted by molar-refractivity contribution is -0.384. The van der Waals surface area contributed by atoms with E-state index in [1.165, 1.54) is 18.5 Å². The molecule has 0 aliphatic rings. The van der Waals surface area contributed by atoms with Gasteiger partial charge in [0.25, 0.3) is 11.6 Å². The molecule has 1 heterocycles. The maximum Gasteiger partial charge on any atom is 0.270 e. The highest BCUT2D eigenvalue weighted by Crippen LogP contribution is 2.21. The number of hydrogen-bond donors (Lipinski definition) is 2. The summed E-state index contributed by atoms with van der Waals surface area (Å²) in [5.74, 6) is -1.16. The fourth-order valence-corrected chi connectivity index (χ4v) is 2.50. The highest BCUT2D eigenvalue weighted by Gasteiger charge is 2.16. The van der Waals surface area contributed by atoms with Gasteiger partial charge in [-0.3, -0.25) is 19.7 Å². The van der Waals surface area contributed by atoms with Crippen molar-refractivity contribution in [2.75, 3.05) is 11.9 Å². The number of aromatic nitrogens is 3. The molecule has 11 heteroatoms. The van der Waals surface area contributed by atoms with Crippen LogP contribution in [0.3, 0.4) is 0 Å². The quantitative estimate of drug-likeness (QED) is 0.481. The van der Waals surface area contributed by atoms with Crippen molar-refractivity contribution in [1.82, 2.24) is 20.1 Å². The van der Waals surface area contributed by atoms with E-state index in [-0.39, 0.29) is 22.8 Å². The second kappa shape index (κ2) is 8.27. The summed E-state index contributed by atoms with van der Waals surface area (Å²) in [4.78, 5) is 38.2. The number of rotatable bonds is 6. The molecule has 28 heavy (non-hydrogen) atoms. The third kappa shape index (κ3) is 4.48. The Bertz CT molecular complexity index is 1020. The fourth-order valence-electron chi connectivity index (χ4n) is 2.30. The first kappa shape index (κ1) is 19.0. The first-order valence-electron chi connectivity index (χ1n) is 7.91. The zero-order valence-corrected chi connectivity index (χ0v) is 15.0. The van der Waals surface area contributed by atoms with E-state index in [9.17, 15) is 19.7 Å². The van der Waals surface area contributed by atoms with Crippen LogP contribution in [0.1, 0.15) is 10.4 Å². The number of nitrogens with one attached hydrogen (secondary N) is 2. The molecule has 10 nitrogen and oxygen atoms in total. The van der Waals surface area contributed by atoms with Crippen LogP contribution < -0.4 is 10.6 Å². The van der Waals surface area contributed by atoms with Crippen LogP contribution in [0.25, 0.3) is 5.69 Å². The van der Waals surface area contributed by atoms with Crippen molar-refractivity contribution in [3.8, 4) is 5.69 Å². The van der Waals surface area contributed by atoms with Gasteiger partial charge in [-0.2, -0.15) is 5.10 Å². The van der Waals surface area contributed by atoms with Crippen LogP contribution in [0.4, 0.5) is 11.4 Å². The molecule has 2 amide bonds. The molecule has 0 fully saturated rings. The van der Waals surface area contributed by atoms with Crippen molar-refractivity contribution >= 4 is 34.8 Å². The molecule has 0 unspecified atom stereocenters. The maximum absolute atomic E-state index is 12.2. The van der Waals surface area contributed by atoms with E-state index in [4.69, 9.17) is 11.6 Å². The van der Waals surface area contributed by atoms with E-state index in [1.807, 2.05) is 0 Å². The van der Waals surface area contributed by atoms with E-state index in [0.717, 1.165) is 11.8 Å². The van der Waals surface area contributed by atoms with E-state index < -0.39 is 16.7 Å². The van der Waals surface area contributed by atoms with Gasteiger partial charge in [-0.25, -0.2) is 9.67 Å². The summed E-state index contributed by atoms with van der Waals surface area (Å²) < 4.78 is 1.56. The number of nitro benzene ring substituents is 1. The van der Waals surface area contributed by atoms with Crippen molar-refractivity contribution < 1.29 is 14.5 Å². The SMILES string of the molecule is O=C(CNC(=O)c1cc([N+](=O)[O-])ccc1Cl)Nc1ccc(-n2cncn2)cc1. The van der Waals surface area contributed by atoms with Gasteiger partial charge in [0.2, 0.25) is 5.91 Å². The highest BCUT2D eigenvalue weighted by molar-refractivity contribution is 6.34. The first-order chi connectivity index (χ1) is 13.4. The lowest BCUT2D eigenvalue weighted by Gasteiger charge is -2.09. The van der Waals surface area contributed by atoms with Crippen LogP contribution in [0.5, 0.6) is 0 Å². The van der Waals surface area contributed by atoms with E-state index in [0.29, 0.717) is 5.69 Å². The molecular weight excluding hydrogens is 388 g/mol. The van der Waals surface area contributed by atoms with E-state index in [1.54, 1.807) is 35.3 Å². The van der Waals surface area contributed by atoms with Gasteiger partial charge in [-0.05, 0) is 30.3 Å². The molecular formula is C17H13ClN6O4. The number of benzene rings is 2. The molecule has 0 spiro atoms. The molecule has 0 aliphatic carbocycles. The predicted octanol–water partition coefficient (Wildman–Crippen LogP) is 2.20. The van der Waals surface area contributed by atoms with Crippen molar-refractivity contribution in [1.29, 1.82) is 0 Å². The van der Waals surface area contributed by atoms with E-state index >= 15 is 0 Å². The highest BCUT2D eigenvalue weighted by atomic mass is 35.5. The molecule has 142 valence electrons. The van der Waals surface area contributed by atoms with Gasteiger partial charge in [-0.1, -0.05) is 11.6 Å². The Balaban J connectivity index is 1.58. The second-order valence-electron chi connectivity index (χ2n) is 5.54. The number of carbonyl (C=O) groups excluding carboxylic acids is 2. The van der Waals surface area contributed by atoms with Crippen LogP contribution in [0, 0.1) is 10.1 Å². The van der Waals surface area contributed by atoms with Gasteiger partial charge < -0.3 is 10.6 Å². The molecule has 1 aromatic heterocycles. The second-order valence-corrected chi connectivity index (χ2v) is 5.95. The predicted molar refractivity (Wildman–Crippen MR) is 100 cm³/mol. The summed E-state index contributed by atoms with van der Waals surface area (Å²) in [7, 11) is 0. The third-order valence-electron chi connectivity index (χ3n) is 3.65. The average molecular weight is 401 g/mol. The van der Waals surface area contributed by atoms with Crippen molar-refractivity contribution in [2.24, 2.45) is 0 Å². The third-order valence-corrected chi connectivity index (χ3v) is 3.98. The Hall–Kier alpha value is -3.79. The fraction of sp³-hybridized carbons (Fsp3) is 0.0588. The van der Waals surface area contributed by atoms with Crippen LogP contribution in [0.2, 0.25) is 5.02 Å². The molecule has 0 saturated carbocycles. The Morgan fingerprint density at radius 2 is 1.93 bits per heavy atom. The summed E-state index contributed by atoms with van der Waals surface area (Å²) in [6.07, 6.45) is 2.95. The molecule has 0 bridgehead atoms. The van der Waals surface area contributed by atoms with Crippen LogP contribution in [0.15, 0.2) is 55.1 Å². The minimum Gasteiger partial charge on any atom is -0.343 e. The molecule has 2 aromatic carbocycles. The summed E-state index contributed by atoms with van der Waals surface area (Å²) >= 11 is 5.90. The van der Waals surface area contributed by atoms with Crippen LogP contribution >= 0.6 is 11.6 Å². The Morgan fingerprint density at radius 3 is 2.57 bits per heavy atom. The topological polar surface area (TPSA) is 132 Å². The van der Waals surface area contributed by atoms with Crippen molar-refractivity contribution in [2.45, 2.75) is 0 Å². The molecule has 0 aliphatic heterocycles. The first-order valence-corrected chi connectivity index (χ1v) is 8.29. The van der Waals surface area contributed by atoms with Gasteiger partial charge in [0.1, 0.15) is 12.7 Å². The minimum atomic E-state index is -0.689. The van der Waals surface area contributed by atoms with Gasteiger partial charge in [-0.15, -0.1) is 0 Å². The Kier molecular flexibility index (Phi) is 5.61. The Morgan fingerprint density at radius 1 is 1.18 bits per heavy atom. The Labute approximate surface area is 163 Å². The molecule has 2 N–H and O–H groups in total. The standard InChI is InChI=1S/C17H13ClN6O4/c18-15-6-5-13(24(27)28)7-14(15)17(26)20-8-16(25)22-11-1-3-12(4-2-11)23-10-19-9-21-23/h1-7,9-10H,8H2,(H,20,26)(H,22,25). The largest absolute Gasteiger partial charge is 0.343 e. The molecule has 3 rings (SSSR count). The van der Waals surface area contributed by atoms with Gasteiger partial charge in [0.15, 0.2) is 0 Å². The molecule has 0 atom stereocenters. The van der Waals surface area contributed by atoms with E-state index in [2.05, 4.69) is 20.7 Å². The number of amides is 2. The van der Waals surface area contributed by atoms with Gasteiger partial charge in [0.05, 0.1) is 27.7 Å². The number of non-ortho nitro benzene ring substituents is 1. The zero-order valence-electron chi connectivity index (χ0n) is 14.2. The number of anilines is 1. The average Bonchev–Trinajstić information content (AvgIpc) is 3.21. The summed E-state index contributed by atoms with van der Waals surface area (Å²) in [6.45, 7) is -0.331. The smallest absolute Gasteiger partial charge is 0.270 e. The zero-order chi connectivity index (χ0) is 20.1. The normalized spacial score (nSPS) is 10.3. The van der Waals surface area contributed by atoms with Gasteiger partial charge >= 0.3 is 0 Å². The number of carbonyl (C=O) groups is 2. The molecule has 0 radical (unpaired) electrons. The number of hydrogen-bond acceptors (Lipinski definition) is 6. The van der Waals surface area contributed by atoms with Crippen LogP contribution in [-0.2, 0) is 4.79 Å². The molecule has 0 saturated heterocycles. The van der Waals surface area contributed by atoms with Gasteiger partial charge in [0, 0.05) is 17.8 Å². The van der Waals surface area contributed by atoms with Crippen molar-refractivity contribution in [3.05, 3.63) is 75.8 Å². The minimum absolute atomic E-state index is 0.0483. The van der Waals surface area contributed by atoms with Crippen LogP contribution in [-0.4, -0.2) is 38.0 Å². The maximum atomic E-state index is 12.2. The lowest BCUT2D eigenvalue weighted by atomic mass is 10.2.